The molecule has 1 unspecified atom stereocenters. The van der Waals surface area contributed by atoms with Crippen molar-refractivity contribution in [2.24, 2.45) is 11.8 Å². The van der Waals surface area contributed by atoms with E-state index in [1.807, 2.05) is 11.9 Å². The molecule has 4 nitrogen and oxygen atoms in total. The number of hydrogen-bond donors (Lipinski definition) is 0. The highest BCUT2D eigenvalue weighted by atomic mass is 79.9. The van der Waals surface area contributed by atoms with E-state index in [0.717, 1.165) is 39.2 Å². The number of rotatable bonds is 5. The van der Waals surface area contributed by atoms with Crippen LogP contribution in [0.2, 0.25) is 0 Å². The zero-order valence-electron chi connectivity index (χ0n) is 14.4. The minimum atomic E-state index is 0.0884. The van der Waals surface area contributed by atoms with Crippen LogP contribution in [0.15, 0.2) is 28.7 Å². The Morgan fingerprint density at radius 2 is 2.04 bits per heavy atom. The van der Waals surface area contributed by atoms with Gasteiger partial charge in [0.05, 0.1) is 12.5 Å². The fourth-order valence-electron chi connectivity index (χ4n) is 3.71. The fraction of sp³-hybridized carbons (Fsp3) is 0.632. The van der Waals surface area contributed by atoms with E-state index >= 15 is 0 Å². The van der Waals surface area contributed by atoms with Crippen LogP contribution in [-0.4, -0.2) is 55.6 Å². The number of halogens is 1. The number of nitrogens with zero attached hydrogens (tertiary/aromatic N) is 2. The van der Waals surface area contributed by atoms with Gasteiger partial charge in [-0.15, -0.1) is 0 Å². The van der Waals surface area contributed by atoms with Gasteiger partial charge in [-0.25, -0.2) is 0 Å². The number of ether oxygens (including phenoxy) is 1. The summed E-state index contributed by atoms with van der Waals surface area (Å²) in [6, 6.07) is 8.45. The van der Waals surface area contributed by atoms with E-state index < -0.39 is 0 Å². The standard InChI is InChI=1S/C19H27BrN2O2/c1-21(19(23)17-8-11-24-14-17)12-15-6-9-22(10-7-15)13-16-4-2-3-5-18(16)20/h2-5,15,17H,6-14H2,1H3. The van der Waals surface area contributed by atoms with Gasteiger partial charge >= 0.3 is 0 Å². The van der Waals surface area contributed by atoms with Crippen LogP contribution in [0, 0.1) is 11.8 Å². The van der Waals surface area contributed by atoms with Gasteiger partial charge < -0.3 is 9.64 Å². The van der Waals surface area contributed by atoms with Crippen molar-refractivity contribution in [1.29, 1.82) is 0 Å². The molecule has 2 aliphatic heterocycles. The molecule has 2 heterocycles. The summed E-state index contributed by atoms with van der Waals surface area (Å²) in [5.41, 5.74) is 1.35. The Hall–Kier alpha value is -0.910. The molecule has 0 saturated carbocycles. The largest absolute Gasteiger partial charge is 0.381 e. The lowest BCUT2D eigenvalue weighted by molar-refractivity contribution is -0.134. The number of amides is 1. The van der Waals surface area contributed by atoms with E-state index in [1.54, 1.807) is 0 Å². The van der Waals surface area contributed by atoms with Crippen LogP contribution in [0.1, 0.15) is 24.8 Å². The van der Waals surface area contributed by atoms with Crippen LogP contribution in [0.25, 0.3) is 0 Å². The average molecular weight is 395 g/mol. The Labute approximate surface area is 153 Å². The summed E-state index contributed by atoms with van der Waals surface area (Å²) in [5.74, 6) is 0.977. The van der Waals surface area contributed by atoms with E-state index in [1.165, 1.54) is 22.9 Å². The van der Waals surface area contributed by atoms with Crippen LogP contribution in [0.3, 0.4) is 0 Å². The summed E-state index contributed by atoms with van der Waals surface area (Å²) in [7, 11) is 1.95. The molecule has 0 aromatic heterocycles. The lowest BCUT2D eigenvalue weighted by Crippen LogP contribution is -2.41. The molecule has 2 fully saturated rings. The first kappa shape index (κ1) is 17.9. The van der Waals surface area contributed by atoms with Gasteiger partial charge in [-0.3, -0.25) is 9.69 Å². The van der Waals surface area contributed by atoms with Crippen molar-refractivity contribution in [3.63, 3.8) is 0 Å². The summed E-state index contributed by atoms with van der Waals surface area (Å²) in [4.78, 5) is 16.8. The molecule has 2 aliphatic rings. The summed E-state index contributed by atoms with van der Waals surface area (Å²) in [6.45, 7) is 5.45. The van der Waals surface area contributed by atoms with Gasteiger partial charge in [0, 0.05) is 31.2 Å². The molecule has 1 amide bonds. The first-order valence-electron chi connectivity index (χ1n) is 8.92. The number of carbonyl (C=O) groups is 1. The molecule has 2 saturated heterocycles. The smallest absolute Gasteiger partial charge is 0.227 e. The topological polar surface area (TPSA) is 32.8 Å². The molecule has 24 heavy (non-hydrogen) atoms. The second-order valence-corrected chi connectivity index (χ2v) is 7.94. The molecule has 1 aromatic carbocycles. The normalized spacial score (nSPS) is 22.7. The maximum atomic E-state index is 12.4. The van der Waals surface area contributed by atoms with Crippen molar-refractivity contribution in [3.05, 3.63) is 34.3 Å². The predicted molar refractivity (Wildman–Crippen MR) is 98.7 cm³/mol. The molecular weight excluding hydrogens is 368 g/mol. The monoisotopic (exact) mass is 394 g/mol. The molecule has 0 N–H and O–H groups in total. The van der Waals surface area contributed by atoms with E-state index in [2.05, 4.69) is 45.1 Å². The number of hydrogen-bond acceptors (Lipinski definition) is 3. The van der Waals surface area contributed by atoms with E-state index in [0.29, 0.717) is 12.5 Å². The second-order valence-electron chi connectivity index (χ2n) is 7.09. The van der Waals surface area contributed by atoms with Crippen LogP contribution in [0.5, 0.6) is 0 Å². The first-order valence-corrected chi connectivity index (χ1v) is 9.71. The van der Waals surface area contributed by atoms with Crippen molar-refractivity contribution in [3.8, 4) is 0 Å². The van der Waals surface area contributed by atoms with Gasteiger partial charge in [-0.1, -0.05) is 34.1 Å². The van der Waals surface area contributed by atoms with Crippen molar-refractivity contribution < 1.29 is 9.53 Å². The minimum absolute atomic E-state index is 0.0884. The van der Waals surface area contributed by atoms with Gasteiger partial charge in [0.1, 0.15) is 0 Å². The highest BCUT2D eigenvalue weighted by molar-refractivity contribution is 9.10. The first-order chi connectivity index (χ1) is 11.6. The molecule has 132 valence electrons. The molecule has 0 radical (unpaired) electrons. The Balaban J connectivity index is 1.43. The van der Waals surface area contributed by atoms with Crippen LogP contribution < -0.4 is 0 Å². The lowest BCUT2D eigenvalue weighted by Gasteiger charge is -2.34. The second kappa shape index (κ2) is 8.45. The molecule has 0 aliphatic carbocycles. The third-order valence-electron chi connectivity index (χ3n) is 5.25. The van der Waals surface area contributed by atoms with Gasteiger partial charge in [0.15, 0.2) is 0 Å². The average Bonchev–Trinajstić information content (AvgIpc) is 3.12. The van der Waals surface area contributed by atoms with E-state index in [-0.39, 0.29) is 11.8 Å². The van der Waals surface area contributed by atoms with Gasteiger partial charge in [0.2, 0.25) is 5.91 Å². The van der Waals surface area contributed by atoms with Gasteiger partial charge in [-0.2, -0.15) is 0 Å². The maximum Gasteiger partial charge on any atom is 0.227 e. The highest BCUT2D eigenvalue weighted by Crippen LogP contribution is 2.24. The molecule has 1 atom stereocenters. The van der Waals surface area contributed by atoms with Crippen LogP contribution in [-0.2, 0) is 16.1 Å². The predicted octanol–water partition coefficient (Wildman–Crippen LogP) is 3.16. The lowest BCUT2D eigenvalue weighted by atomic mass is 9.95. The Kier molecular flexibility index (Phi) is 6.31. The molecule has 0 spiro atoms. The van der Waals surface area contributed by atoms with Crippen molar-refractivity contribution >= 4 is 21.8 Å². The fourth-order valence-corrected chi connectivity index (χ4v) is 4.12. The zero-order chi connectivity index (χ0) is 16.9. The number of likely N-dealkylation sites (tertiary alicyclic amines) is 1. The van der Waals surface area contributed by atoms with Crippen molar-refractivity contribution in [2.75, 3.05) is 39.9 Å². The molecule has 1 aromatic rings. The summed E-state index contributed by atoms with van der Waals surface area (Å²) >= 11 is 3.63. The third-order valence-corrected chi connectivity index (χ3v) is 6.02. The third kappa shape index (κ3) is 4.58. The Morgan fingerprint density at radius 3 is 2.71 bits per heavy atom. The van der Waals surface area contributed by atoms with Crippen molar-refractivity contribution in [2.45, 2.75) is 25.8 Å². The SMILES string of the molecule is CN(CC1CCN(Cc2ccccc2Br)CC1)C(=O)C1CCOC1. The quantitative estimate of drug-likeness (QED) is 0.768. The summed E-state index contributed by atoms with van der Waals surface area (Å²) in [5, 5.41) is 0. The molecule has 5 heteroatoms. The minimum Gasteiger partial charge on any atom is -0.381 e. The number of benzene rings is 1. The highest BCUT2D eigenvalue weighted by Gasteiger charge is 2.28. The van der Waals surface area contributed by atoms with Gasteiger partial charge in [-0.05, 0) is 49.9 Å². The van der Waals surface area contributed by atoms with Crippen LogP contribution >= 0.6 is 15.9 Å². The number of carbonyl (C=O) groups excluding carboxylic acids is 1. The van der Waals surface area contributed by atoms with Gasteiger partial charge in [0.25, 0.3) is 0 Å². The van der Waals surface area contributed by atoms with E-state index in [4.69, 9.17) is 4.74 Å². The zero-order valence-corrected chi connectivity index (χ0v) is 16.0. The summed E-state index contributed by atoms with van der Waals surface area (Å²) < 4.78 is 6.53. The molecule has 0 bridgehead atoms. The molecular formula is C19H27BrN2O2. The Morgan fingerprint density at radius 1 is 1.29 bits per heavy atom. The van der Waals surface area contributed by atoms with E-state index in [9.17, 15) is 4.79 Å². The van der Waals surface area contributed by atoms with Crippen molar-refractivity contribution in [1.82, 2.24) is 9.80 Å². The summed E-state index contributed by atoms with van der Waals surface area (Å²) in [6.07, 6.45) is 3.22. The van der Waals surface area contributed by atoms with Crippen LogP contribution in [0.4, 0.5) is 0 Å². The maximum absolute atomic E-state index is 12.4. The number of piperidine rings is 1. The molecule has 3 rings (SSSR count). The Bertz CT molecular complexity index is 552.